The number of ketones is 1. The number of benzene rings is 2. The number of Topliss-reactive ketones (excluding diaryl/α,β-unsaturated/α-hetero) is 1. The van der Waals surface area contributed by atoms with Gasteiger partial charge in [0, 0.05) is 31.0 Å². The lowest BCUT2D eigenvalue weighted by atomic mass is 9.80. The lowest BCUT2D eigenvalue weighted by molar-refractivity contribution is -0.133. The van der Waals surface area contributed by atoms with E-state index in [1.165, 1.54) is 11.6 Å². The Morgan fingerprint density at radius 1 is 1.00 bits per heavy atom. The molecule has 4 rings (SSSR count). The predicted octanol–water partition coefficient (Wildman–Crippen LogP) is 3.62. The van der Waals surface area contributed by atoms with Gasteiger partial charge in [-0.3, -0.25) is 9.69 Å². The number of nitrogens with zero attached hydrogens (tertiary/aromatic N) is 1. The first-order chi connectivity index (χ1) is 12.7. The quantitative estimate of drug-likeness (QED) is 0.822. The molecule has 0 spiro atoms. The smallest absolute Gasteiger partial charge is 0.140 e. The lowest BCUT2D eigenvalue weighted by Crippen LogP contribution is -2.57. The third-order valence-electron chi connectivity index (χ3n) is 5.66. The van der Waals surface area contributed by atoms with Gasteiger partial charge in [0.1, 0.15) is 11.6 Å². The highest BCUT2D eigenvalue weighted by Crippen LogP contribution is 2.34. The number of fused-ring (bicyclic) bond motifs is 2. The van der Waals surface area contributed by atoms with Crippen LogP contribution >= 0.6 is 0 Å². The summed E-state index contributed by atoms with van der Waals surface area (Å²) in [7, 11) is 0. The van der Waals surface area contributed by atoms with Crippen LogP contribution in [0.15, 0.2) is 54.6 Å². The summed E-state index contributed by atoms with van der Waals surface area (Å²) in [5.41, 5.74) is 1.80. The molecule has 0 aliphatic carbocycles. The van der Waals surface area contributed by atoms with Crippen LogP contribution < -0.4 is 0 Å². The zero-order valence-corrected chi connectivity index (χ0v) is 14.8. The third kappa shape index (κ3) is 3.71. The number of rotatable bonds is 5. The van der Waals surface area contributed by atoms with E-state index in [1.54, 1.807) is 18.2 Å². The van der Waals surface area contributed by atoms with E-state index in [-0.39, 0.29) is 36.0 Å². The van der Waals surface area contributed by atoms with Crippen molar-refractivity contribution in [2.24, 2.45) is 5.92 Å². The summed E-state index contributed by atoms with van der Waals surface area (Å²) in [6.45, 7) is 2.24. The Morgan fingerprint density at radius 3 is 2.35 bits per heavy atom. The number of hydrogen-bond acceptors (Lipinski definition) is 3. The summed E-state index contributed by atoms with van der Waals surface area (Å²) < 4.78 is 19.6. The number of hydrogen-bond donors (Lipinski definition) is 0. The van der Waals surface area contributed by atoms with Crippen LogP contribution in [-0.4, -0.2) is 36.0 Å². The highest BCUT2D eigenvalue weighted by molar-refractivity contribution is 5.83. The molecule has 2 bridgehead atoms. The van der Waals surface area contributed by atoms with Gasteiger partial charge in [0.15, 0.2) is 0 Å². The molecule has 26 heavy (non-hydrogen) atoms. The molecule has 0 N–H and O–H groups in total. The van der Waals surface area contributed by atoms with Gasteiger partial charge in [-0.2, -0.15) is 0 Å². The summed E-state index contributed by atoms with van der Waals surface area (Å²) in [6.07, 6.45) is 1.80. The molecule has 2 heterocycles. The van der Waals surface area contributed by atoms with Gasteiger partial charge in [0.25, 0.3) is 0 Å². The first kappa shape index (κ1) is 17.4. The topological polar surface area (TPSA) is 29.5 Å². The maximum Gasteiger partial charge on any atom is 0.140 e. The van der Waals surface area contributed by atoms with Crippen LogP contribution in [0.25, 0.3) is 0 Å². The molecule has 2 aromatic rings. The van der Waals surface area contributed by atoms with Gasteiger partial charge in [-0.15, -0.1) is 0 Å². The fourth-order valence-corrected chi connectivity index (χ4v) is 4.28. The largest absolute Gasteiger partial charge is 0.378 e. The van der Waals surface area contributed by atoms with Crippen LogP contribution in [0.3, 0.4) is 0 Å². The SMILES string of the molecule is O=C(Cc1ccccc1F)C1CC2COCC(C1)N2Cc1ccccc1. The first-order valence-electron chi connectivity index (χ1n) is 9.34. The number of ether oxygens (including phenoxy) is 1. The van der Waals surface area contributed by atoms with Crippen molar-refractivity contribution in [3.8, 4) is 0 Å². The minimum absolute atomic E-state index is 0.000490. The Morgan fingerprint density at radius 2 is 1.65 bits per heavy atom. The zero-order chi connectivity index (χ0) is 17.9. The minimum Gasteiger partial charge on any atom is -0.378 e. The molecule has 3 nitrogen and oxygen atoms in total. The molecule has 0 amide bonds. The Hall–Kier alpha value is -2.04. The second-order valence-electron chi connectivity index (χ2n) is 7.41. The van der Waals surface area contributed by atoms with Gasteiger partial charge in [-0.1, -0.05) is 48.5 Å². The molecule has 2 atom stereocenters. The van der Waals surface area contributed by atoms with Gasteiger partial charge in [0.05, 0.1) is 13.2 Å². The van der Waals surface area contributed by atoms with Crippen molar-refractivity contribution in [3.63, 3.8) is 0 Å². The van der Waals surface area contributed by atoms with Crippen molar-refractivity contribution < 1.29 is 13.9 Å². The van der Waals surface area contributed by atoms with Crippen molar-refractivity contribution in [2.45, 2.75) is 37.9 Å². The monoisotopic (exact) mass is 353 g/mol. The fraction of sp³-hybridized carbons (Fsp3) is 0.409. The second kappa shape index (κ2) is 7.68. The molecular formula is C22H24FNO2. The van der Waals surface area contributed by atoms with E-state index in [2.05, 4.69) is 29.2 Å². The number of carbonyl (C=O) groups excluding carboxylic acids is 1. The van der Waals surface area contributed by atoms with E-state index in [1.807, 2.05) is 6.07 Å². The molecule has 2 unspecified atom stereocenters. The van der Waals surface area contributed by atoms with Gasteiger partial charge in [0.2, 0.25) is 0 Å². The Balaban J connectivity index is 1.44. The van der Waals surface area contributed by atoms with Gasteiger partial charge < -0.3 is 4.74 Å². The van der Waals surface area contributed by atoms with Gasteiger partial charge in [-0.05, 0) is 30.0 Å². The Bertz CT molecular complexity index is 750. The lowest BCUT2D eigenvalue weighted by Gasteiger charge is -2.48. The number of morpholine rings is 1. The van der Waals surface area contributed by atoms with E-state index in [4.69, 9.17) is 4.74 Å². The molecule has 2 saturated heterocycles. The van der Waals surface area contributed by atoms with Crippen molar-refractivity contribution >= 4 is 5.78 Å². The van der Waals surface area contributed by atoms with Gasteiger partial charge in [-0.25, -0.2) is 4.39 Å². The summed E-state index contributed by atoms with van der Waals surface area (Å²) >= 11 is 0. The van der Waals surface area contributed by atoms with Crippen LogP contribution in [-0.2, 0) is 22.5 Å². The average molecular weight is 353 g/mol. The zero-order valence-electron chi connectivity index (χ0n) is 14.8. The van der Waals surface area contributed by atoms with Crippen molar-refractivity contribution in [1.82, 2.24) is 4.90 Å². The first-order valence-corrected chi connectivity index (χ1v) is 9.34. The van der Waals surface area contributed by atoms with E-state index >= 15 is 0 Å². The van der Waals surface area contributed by atoms with Crippen LogP contribution in [0.1, 0.15) is 24.0 Å². The van der Waals surface area contributed by atoms with Crippen LogP contribution in [0.2, 0.25) is 0 Å². The van der Waals surface area contributed by atoms with E-state index in [0.717, 1.165) is 19.4 Å². The molecule has 2 aliphatic rings. The standard InChI is InChI=1S/C22H24FNO2/c23-21-9-5-4-8-17(21)12-22(25)18-10-19-14-26-15-20(11-18)24(19)13-16-6-2-1-3-7-16/h1-9,18-20H,10-15H2. The van der Waals surface area contributed by atoms with Gasteiger partial charge >= 0.3 is 0 Å². The molecule has 2 fully saturated rings. The normalized spacial score (nSPS) is 25.8. The summed E-state index contributed by atoms with van der Waals surface area (Å²) in [5.74, 6) is -0.127. The van der Waals surface area contributed by atoms with Crippen molar-refractivity contribution in [3.05, 3.63) is 71.5 Å². The van der Waals surface area contributed by atoms with Crippen LogP contribution in [0.5, 0.6) is 0 Å². The Labute approximate surface area is 153 Å². The van der Waals surface area contributed by atoms with E-state index in [9.17, 15) is 9.18 Å². The maximum absolute atomic E-state index is 13.9. The summed E-state index contributed by atoms with van der Waals surface area (Å²) in [4.78, 5) is 15.3. The molecular weight excluding hydrogens is 329 g/mol. The summed E-state index contributed by atoms with van der Waals surface area (Å²) in [6, 6.07) is 17.5. The van der Waals surface area contributed by atoms with Crippen LogP contribution in [0, 0.1) is 11.7 Å². The highest BCUT2D eigenvalue weighted by atomic mass is 19.1. The third-order valence-corrected chi connectivity index (χ3v) is 5.66. The fourth-order valence-electron chi connectivity index (χ4n) is 4.28. The maximum atomic E-state index is 13.9. The second-order valence-corrected chi connectivity index (χ2v) is 7.41. The van der Waals surface area contributed by atoms with E-state index in [0.29, 0.717) is 18.8 Å². The van der Waals surface area contributed by atoms with Crippen molar-refractivity contribution in [2.75, 3.05) is 13.2 Å². The highest BCUT2D eigenvalue weighted by Gasteiger charge is 2.41. The molecule has 0 aromatic heterocycles. The molecule has 136 valence electrons. The van der Waals surface area contributed by atoms with Crippen molar-refractivity contribution in [1.29, 1.82) is 0 Å². The molecule has 0 radical (unpaired) electrons. The number of halogens is 1. The molecule has 2 aromatic carbocycles. The average Bonchev–Trinajstić information content (AvgIpc) is 2.64. The number of carbonyl (C=O) groups is 1. The van der Waals surface area contributed by atoms with Crippen LogP contribution in [0.4, 0.5) is 4.39 Å². The molecule has 2 aliphatic heterocycles. The number of piperidine rings is 1. The molecule has 4 heteroatoms. The summed E-state index contributed by atoms with van der Waals surface area (Å²) in [5, 5.41) is 0. The van der Waals surface area contributed by atoms with E-state index < -0.39 is 0 Å². The molecule has 0 saturated carbocycles. The minimum atomic E-state index is -0.286. The predicted molar refractivity (Wildman–Crippen MR) is 98.2 cm³/mol. The Kier molecular flexibility index (Phi) is 5.14.